The molecule has 3 heterocycles. The van der Waals surface area contributed by atoms with Gasteiger partial charge < -0.3 is 24.8 Å². The van der Waals surface area contributed by atoms with Crippen LogP contribution in [0.5, 0.6) is 0 Å². The molecule has 30 heavy (non-hydrogen) atoms. The Morgan fingerprint density at radius 1 is 1.27 bits per heavy atom. The summed E-state index contributed by atoms with van der Waals surface area (Å²) in [5.41, 5.74) is 2.55. The van der Waals surface area contributed by atoms with Crippen LogP contribution in [0.1, 0.15) is 43.6 Å². The number of piperidine rings is 2. The van der Waals surface area contributed by atoms with E-state index < -0.39 is 16.7 Å². The number of carboxylic acids is 1. The molecule has 162 valence electrons. The van der Waals surface area contributed by atoms with Crippen LogP contribution in [0.25, 0.3) is 0 Å². The fraction of sp³-hybridized carbons (Fsp3) is 0.571. The Bertz CT molecular complexity index is 863. The molecule has 0 aromatic heterocycles. The zero-order valence-corrected chi connectivity index (χ0v) is 17.2. The van der Waals surface area contributed by atoms with Gasteiger partial charge in [-0.3, -0.25) is 19.7 Å². The van der Waals surface area contributed by atoms with Crippen LogP contribution in [-0.2, 0) is 14.4 Å². The molecule has 0 spiro atoms. The highest BCUT2D eigenvalue weighted by atomic mass is 16.5. The number of fused-ring (bicyclic) bond motifs is 1. The number of anilines is 1. The van der Waals surface area contributed by atoms with Crippen LogP contribution in [0.4, 0.5) is 11.4 Å². The highest BCUT2D eigenvalue weighted by molar-refractivity contribution is 6.02. The predicted molar refractivity (Wildman–Crippen MR) is 112 cm³/mol. The standard InChI is InChI=1S/C21H28N4O5/c1-25(30)13-24(17-4-5-19(26)22-21(17)29)16-3-2-15(12-18(16)25)14-6-9-23(10-7-14)11-8-20(27)28/h2-3,12,14,17H,4-11,13H2,1H3,(H,27,28)(H,22,26,29). The van der Waals surface area contributed by atoms with Crippen molar-refractivity contribution in [3.05, 3.63) is 29.0 Å². The first kappa shape index (κ1) is 20.8. The molecule has 9 nitrogen and oxygen atoms in total. The van der Waals surface area contributed by atoms with Crippen molar-refractivity contribution in [1.82, 2.24) is 14.9 Å². The van der Waals surface area contributed by atoms with Gasteiger partial charge in [-0.25, -0.2) is 0 Å². The van der Waals surface area contributed by atoms with E-state index in [2.05, 4.69) is 10.2 Å². The number of hydrogen-bond donors (Lipinski definition) is 2. The summed E-state index contributed by atoms with van der Waals surface area (Å²) >= 11 is 0. The van der Waals surface area contributed by atoms with E-state index in [1.165, 1.54) is 0 Å². The molecule has 2 unspecified atom stereocenters. The number of nitrogens with zero attached hydrogens (tertiary/aromatic N) is 3. The lowest BCUT2D eigenvalue weighted by Gasteiger charge is -2.36. The van der Waals surface area contributed by atoms with Crippen LogP contribution in [0.3, 0.4) is 0 Å². The average molecular weight is 416 g/mol. The molecule has 2 atom stereocenters. The van der Waals surface area contributed by atoms with Gasteiger partial charge in [0.2, 0.25) is 11.8 Å². The normalized spacial score (nSPS) is 27.8. The largest absolute Gasteiger partial charge is 0.626 e. The lowest BCUT2D eigenvalue weighted by Crippen LogP contribution is -2.55. The Hall–Kier alpha value is -2.49. The highest BCUT2D eigenvalue weighted by Crippen LogP contribution is 2.44. The number of carboxylic acid groups (broad SMARTS) is 1. The second kappa shape index (κ2) is 7.98. The Kier molecular flexibility index (Phi) is 5.52. The summed E-state index contributed by atoms with van der Waals surface area (Å²) in [5.74, 6) is -1.04. The number of aliphatic carboxylic acids is 1. The zero-order valence-electron chi connectivity index (χ0n) is 17.2. The minimum absolute atomic E-state index is 0.151. The molecule has 0 bridgehead atoms. The molecule has 4 rings (SSSR count). The summed E-state index contributed by atoms with van der Waals surface area (Å²) in [5, 5.41) is 24.5. The molecule has 0 radical (unpaired) electrons. The third-order valence-corrected chi connectivity index (χ3v) is 6.53. The molecular formula is C21H28N4O5. The number of nitrogens with one attached hydrogen (secondary N) is 1. The van der Waals surface area contributed by atoms with Gasteiger partial charge in [0.15, 0.2) is 12.4 Å². The van der Waals surface area contributed by atoms with Gasteiger partial charge in [0, 0.05) is 19.0 Å². The first-order chi connectivity index (χ1) is 14.2. The predicted octanol–water partition coefficient (Wildman–Crippen LogP) is 1.36. The van der Waals surface area contributed by atoms with E-state index >= 15 is 0 Å². The summed E-state index contributed by atoms with van der Waals surface area (Å²) in [6, 6.07) is 5.46. The Balaban J connectivity index is 1.49. The molecule has 1 aromatic rings. The number of imide groups is 1. The van der Waals surface area contributed by atoms with Crippen molar-refractivity contribution >= 4 is 29.2 Å². The lowest BCUT2D eigenvalue weighted by molar-refractivity contribution is -0.137. The molecule has 2 amide bonds. The topological polar surface area (TPSA) is 113 Å². The molecule has 0 aliphatic carbocycles. The van der Waals surface area contributed by atoms with Crippen LogP contribution < -0.4 is 14.9 Å². The van der Waals surface area contributed by atoms with E-state index in [9.17, 15) is 19.6 Å². The number of quaternary nitrogens is 1. The molecular weight excluding hydrogens is 388 g/mol. The number of amides is 2. The van der Waals surface area contributed by atoms with Crippen LogP contribution >= 0.6 is 0 Å². The van der Waals surface area contributed by atoms with Crippen LogP contribution in [0.2, 0.25) is 0 Å². The molecule has 3 aliphatic heterocycles. The van der Waals surface area contributed by atoms with Gasteiger partial charge >= 0.3 is 5.97 Å². The minimum Gasteiger partial charge on any atom is -0.626 e. The maximum Gasteiger partial charge on any atom is 0.304 e. The van der Waals surface area contributed by atoms with E-state index in [1.807, 2.05) is 23.1 Å². The van der Waals surface area contributed by atoms with Gasteiger partial charge in [0.1, 0.15) is 11.7 Å². The van der Waals surface area contributed by atoms with Gasteiger partial charge in [0.25, 0.3) is 0 Å². The number of carbonyl (C=O) groups is 3. The minimum atomic E-state index is -0.774. The average Bonchev–Trinajstić information content (AvgIpc) is 2.97. The molecule has 2 N–H and O–H groups in total. The van der Waals surface area contributed by atoms with E-state index in [1.54, 1.807) is 7.05 Å². The maximum atomic E-state index is 13.2. The highest BCUT2D eigenvalue weighted by Gasteiger charge is 2.42. The van der Waals surface area contributed by atoms with E-state index in [-0.39, 0.29) is 31.3 Å². The summed E-state index contributed by atoms with van der Waals surface area (Å²) in [6.07, 6.45) is 2.71. The van der Waals surface area contributed by atoms with Gasteiger partial charge in [0.05, 0.1) is 13.5 Å². The molecule has 3 aliphatic rings. The number of carbonyl (C=O) groups excluding carboxylic acids is 2. The molecule has 2 saturated heterocycles. The number of rotatable bonds is 5. The Morgan fingerprint density at radius 3 is 2.67 bits per heavy atom. The number of hydroxylamine groups is 2. The molecule has 2 fully saturated rings. The fourth-order valence-electron chi connectivity index (χ4n) is 4.85. The van der Waals surface area contributed by atoms with Crippen molar-refractivity contribution < 1.29 is 19.5 Å². The molecule has 9 heteroatoms. The third kappa shape index (κ3) is 4.05. The summed E-state index contributed by atoms with van der Waals surface area (Å²) in [6.45, 7) is 2.42. The van der Waals surface area contributed by atoms with E-state index in [0.717, 1.165) is 37.2 Å². The van der Waals surface area contributed by atoms with Crippen molar-refractivity contribution in [2.24, 2.45) is 0 Å². The number of benzene rings is 1. The van der Waals surface area contributed by atoms with Gasteiger partial charge in [-0.2, -0.15) is 0 Å². The summed E-state index contributed by atoms with van der Waals surface area (Å²) < 4.78 is -0.571. The van der Waals surface area contributed by atoms with Crippen LogP contribution in [0, 0.1) is 5.21 Å². The van der Waals surface area contributed by atoms with Gasteiger partial charge in [-0.1, -0.05) is 6.07 Å². The van der Waals surface area contributed by atoms with Crippen molar-refractivity contribution in [3.63, 3.8) is 0 Å². The van der Waals surface area contributed by atoms with Gasteiger partial charge in [-0.05, 0) is 49.9 Å². The smallest absolute Gasteiger partial charge is 0.304 e. The number of hydrogen-bond acceptors (Lipinski definition) is 6. The Labute approximate surface area is 175 Å². The third-order valence-electron chi connectivity index (χ3n) is 6.53. The fourth-order valence-corrected chi connectivity index (χ4v) is 4.85. The second-order valence-corrected chi connectivity index (χ2v) is 8.69. The van der Waals surface area contributed by atoms with Crippen molar-refractivity contribution in [2.45, 2.75) is 44.1 Å². The van der Waals surface area contributed by atoms with Crippen molar-refractivity contribution in [3.8, 4) is 0 Å². The van der Waals surface area contributed by atoms with E-state index in [0.29, 0.717) is 24.6 Å². The first-order valence-electron chi connectivity index (χ1n) is 10.5. The quantitative estimate of drug-likeness (QED) is 0.423. The maximum absolute atomic E-state index is 13.2. The van der Waals surface area contributed by atoms with Gasteiger partial charge in [-0.15, -0.1) is 0 Å². The van der Waals surface area contributed by atoms with Crippen LogP contribution in [0.15, 0.2) is 18.2 Å². The second-order valence-electron chi connectivity index (χ2n) is 8.69. The van der Waals surface area contributed by atoms with Crippen LogP contribution in [-0.4, -0.2) is 67.2 Å². The molecule has 1 aromatic carbocycles. The van der Waals surface area contributed by atoms with Crippen molar-refractivity contribution in [1.29, 1.82) is 0 Å². The lowest BCUT2D eigenvalue weighted by atomic mass is 9.88. The Morgan fingerprint density at radius 2 is 2.00 bits per heavy atom. The zero-order chi connectivity index (χ0) is 21.5. The van der Waals surface area contributed by atoms with E-state index in [4.69, 9.17) is 5.11 Å². The summed E-state index contributed by atoms with van der Waals surface area (Å²) in [7, 11) is 1.60. The number of likely N-dealkylation sites (tertiary alicyclic amines) is 1. The molecule has 0 saturated carbocycles. The first-order valence-corrected chi connectivity index (χ1v) is 10.5. The monoisotopic (exact) mass is 416 g/mol. The SMILES string of the molecule is C[N+]1([O-])CN(C2CCC(=O)NC2=O)c2ccc(C3CCN(CCC(=O)O)CC3)cc21. The summed E-state index contributed by atoms with van der Waals surface area (Å²) in [4.78, 5) is 38.6. The van der Waals surface area contributed by atoms with Crippen molar-refractivity contribution in [2.75, 3.05) is 38.3 Å².